The minimum Gasteiger partial charge on any atom is -0.465 e. The van der Waals surface area contributed by atoms with Crippen molar-refractivity contribution in [3.8, 4) is 0 Å². The van der Waals surface area contributed by atoms with Crippen LogP contribution >= 0.6 is 12.2 Å². The number of nitrogens with zero attached hydrogens (tertiary/aromatic N) is 2. The normalized spacial score (nSPS) is 15.4. The minimum atomic E-state index is -0.748. The number of ether oxygens (including phenoxy) is 1. The zero-order chi connectivity index (χ0) is 24.1. The quantitative estimate of drug-likeness (QED) is 0.413. The van der Waals surface area contributed by atoms with Crippen LogP contribution in [0.5, 0.6) is 0 Å². The summed E-state index contributed by atoms with van der Waals surface area (Å²) >= 11 is 5.69. The molecule has 0 saturated carbocycles. The number of benzene rings is 3. The molecule has 172 valence electrons. The molecule has 8 heteroatoms. The summed E-state index contributed by atoms with van der Waals surface area (Å²) in [7, 11) is 1.31. The first-order valence-corrected chi connectivity index (χ1v) is 11.1. The minimum absolute atomic E-state index is 0.0755. The summed E-state index contributed by atoms with van der Waals surface area (Å²) in [6.07, 6.45) is -0.0755. The lowest BCUT2D eigenvalue weighted by Crippen LogP contribution is -2.37. The average Bonchev–Trinajstić information content (AvgIpc) is 3.09. The first kappa shape index (κ1) is 23.1. The molecule has 0 aliphatic carbocycles. The molecular weight excluding hydrogens is 450 g/mol. The molecule has 1 atom stereocenters. The standard InChI is InChI=1S/C26H23N3O4S/c1-33-25(32)19-12-14-20(15-13-19)27-23(30)16-22-24(31)29(21-10-6-3-7-11-21)26(34)28(22)17-18-8-4-2-5-9-18/h2-15,22H,16-17H2,1H3,(H,27,30)/t22-/m0/s1. The average molecular weight is 474 g/mol. The van der Waals surface area contributed by atoms with E-state index in [1.165, 1.54) is 12.0 Å². The highest BCUT2D eigenvalue weighted by Gasteiger charge is 2.44. The van der Waals surface area contributed by atoms with Crippen molar-refractivity contribution in [2.24, 2.45) is 0 Å². The summed E-state index contributed by atoms with van der Waals surface area (Å²) in [5, 5.41) is 3.16. The van der Waals surface area contributed by atoms with Crippen LogP contribution in [0.3, 0.4) is 0 Å². The van der Waals surface area contributed by atoms with Gasteiger partial charge in [-0.2, -0.15) is 0 Å². The molecule has 1 fully saturated rings. The zero-order valence-electron chi connectivity index (χ0n) is 18.5. The number of anilines is 2. The van der Waals surface area contributed by atoms with Crippen molar-refractivity contribution in [1.82, 2.24) is 4.90 Å². The van der Waals surface area contributed by atoms with Gasteiger partial charge in [-0.15, -0.1) is 0 Å². The summed E-state index contributed by atoms with van der Waals surface area (Å²) in [5.41, 5.74) is 2.54. The first-order chi connectivity index (χ1) is 16.5. The van der Waals surface area contributed by atoms with E-state index >= 15 is 0 Å². The van der Waals surface area contributed by atoms with Crippen molar-refractivity contribution >= 4 is 46.5 Å². The Kier molecular flexibility index (Phi) is 6.98. The molecule has 2 amide bonds. The Morgan fingerprint density at radius 3 is 2.18 bits per heavy atom. The van der Waals surface area contributed by atoms with E-state index < -0.39 is 12.0 Å². The Labute approximate surface area is 202 Å². The Morgan fingerprint density at radius 1 is 0.941 bits per heavy atom. The number of carbonyl (C=O) groups is 3. The second-order valence-corrected chi connectivity index (χ2v) is 8.11. The molecule has 1 heterocycles. The van der Waals surface area contributed by atoms with Crippen molar-refractivity contribution in [3.63, 3.8) is 0 Å². The van der Waals surface area contributed by atoms with Crippen LogP contribution < -0.4 is 10.2 Å². The summed E-state index contributed by atoms with van der Waals surface area (Å²) in [6.45, 7) is 0.403. The molecule has 1 aliphatic rings. The van der Waals surface area contributed by atoms with E-state index in [9.17, 15) is 14.4 Å². The Balaban J connectivity index is 1.54. The van der Waals surface area contributed by atoms with Gasteiger partial charge < -0.3 is 15.0 Å². The Hall–Kier alpha value is -4.04. The molecule has 1 N–H and O–H groups in total. The maximum Gasteiger partial charge on any atom is 0.337 e. The lowest BCUT2D eigenvalue weighted by Gasteiger charge is -2.24. The van der Waals surface area contributed by atoms with Crippen molar-refractivity contribution in [3.05, 3.63) is 96.1 Å². The van der Waals surface area contributed by atoms with Crippen LogP contribution in [0, 0.1) is 0 Å². The maximum absolute atomic E-state index is 13.4. The fraction of sp³-hybridized carbons (Fsp3) is 0.154. The molecule has 4 rings (SSSR count). The molecule has 0 bridgehead atoms. The fourth-order valence-electron chi connectivity index (χ4n) is 3.80. The van der Waals surface area contributed by atoms with Gasteiger partial charge in [0.2, 0.25) is 5.91 Å². The van der Waals surface area contributed by atoms with E-state index in [0.717, 1.165) is 5.56 Å². The van der Waals surface area contributed by atoms with E-state index in [1.807, 2.05) is 60.7 Å². The number of rotatable bonds is 7. The van der Waals surface area contributed by atoms with Gasteiger partial charge in [-0.05, 0) is 54.2 Å². The molecule has 0 spiro atoms. The summed E-state index contributed by atoms with van der Waals surface area (Å²) < 4.78 is 4.69. The third-order valence-corrected chi connectivity index (χ3v) is 5.91. The number of nitrogens with one attached hydrogen (secondary N) is 1. The zero-order valence-corrected chi connectivity index (χ0v) is 19.3. The number of esters is 1. The van der Waals surface area contributed by atoms with E-state index in [0.29, 0.717) is 28.6 Å². The smallest absolute Gasteiger partial charge is 0.337 e. The molecule has 1 saturated heterocycles. The topological polar surface area (TPSA) is 78.9 Å². The highest BCUT2D eigenvalue weighted by Crippen LogP contribution is 2.28. The lowest BCUT2D eigenvalue weighted by atomic mass is 10.1. The molecule has 0 radical (unpaired) electrons. The van der Waals surface area contributed by atoms with Crippen molar-refractivity contribution < 1.29 is 19.1 Å². The largest absolute Gasteiger partial charge is 0.465 e. The van der Waals surface area contributed by atoms with Gasteiger partial charge >= 0.3 is 5.97 Å². The van der Waals surface area contributed by atoms with E-state index in [-0.39, 0.29) is 18.2 Å². The van der Waals surface area contributed by atoms with Crippen LogP contribution in [-0.4, -0.2) is 40.9 Å². The number of hydrogen-bond acceptors (Lipinski definition) is 5. The third-order valence-electron chi connectivity index (χ3n) is 5.50. The summed E-state index contributed by atoms with van der Waals surface area (Å²) in [6, 6.07) is 24.5. The predicted octanol–water partition coefficient (Wildman–Crippen LogP) is 4.00. The third kappa shape index (κ3) is 4.97. The lowest BCUT2D eigenvalue weighted by molar-refractivity contribution is -0.124. The van der Waals surface area contributed by atoms with Crippen LogP contribution in [0.4, 0.5) is 11.4 Å². The van der Waals surface area contributed by atoms with Crippen LogP contribution in [-0.2, 0) is 20.9 Å². The molecule has 7 nitrogen and oxygen atoms in total. The SMILES string of the molecule is COC(=O)c1ccc(NC(=O)C[C@H]2C(=O)N(c3ccccc3)C(=S)N2Cc2ccccc2)cc1. The van der Waals surface area contributed by atoms with E-state index in [1.54, 1.807) is 29.2 Å². The fourth-order valence-corrected chi connectivity index (χ4v) is 4.19. The van der Waals surface area contributed by atoms with Crippen LogP contribution in [0.15, 0.2) is 84.9 Å². The second kappa shape index (κ2) is 10.3. The van der Waals surface area contributed by atoms with Gasteiger partial charge in [0.25, 0.3) is 5.91 Å². The molecular formula is C26H23N3O4S. The molecule has 0 unspecified atom stereocenters. The molecule has 1 aliphatic heterocycles. The van der Waals surface area contributed by atoms with E-state index in [2.05, 4.69) is 10.1 Å². The van der Waals surface area contributed by atoms with Crippen molar-refractivity contribution in [2.75, 3.05) is 17.3 Å². The molecule has 3 aromatic carbocycles. The highest BCUT2D eigenvalue weighted by atomic mass is 32.1. The van der Waals surface area contributed by atoms with Gasteiger partial charge in [-0.25, -0.2) is 4.79 Å². The van der Waals surface area contributed by atoms with Gasteiger partial charge in [-0.1, -0.05) is 48.5 Å². The van der Waals surface area contributed by atoms with Gasteiger partial charge in [0.05, 0.1) is 24.8 Å². The molecule has 34 heavy (non-hydrogen) atoms. The molecule has 0 aromatic heterocycles. The van der Waals surface area contributed by atoms with Gasteiger partial charge in [-0.3, -0.25) is 14.5 Å². The number of amides is 2. The van der Waals surface area contributed by atoms with Crippen molar-refractivity contribution in [2.45, 2.75) is 19.0 Å². The monoisotopic (exact) mass is 473 g/mol. The van der Waals surface area contributed by atoms with Crippen LogP contribution in [0.1, 0.15) is 22.3 Å². The number of methoxy groups -OCH3 is 1. The second-order valence-electron chi connectivity index (χ2n) is 7.74. The number of thiocarbonyl (C=S) groups is 1. The first-order valence-electron chi connectivity index (χ1n) is 10.7. The molecule has 3 aromatic rings. The van der Waals surface area contributed by atoms with Gasteiger partial charge in [0, 0.05) is 12.2 Å². The number of carbonyl (C=O) groups excluding carboxylic acids is 3. The van der Waals surface area contributed by atoms with Gasteiger partial charge in [0.1, 0.15) is 6.04 Å². The Bertz CT molecular complexity index is 1200. The van der Waals surface area contributed by atoms with E-state index in [4.69, 9.17) is 12.2 Å². The summed E-state index contributed by atoms with van der Waals surface area (Å²) in [4.78, 5) is 41.2. The van der Waals surface area contributed by atoms with Crippen LogP contribution in [0.2, 0.25) is 0 Å². The van der Waals surface area contributed by atoms with Gasteiger partial charge in [0.15, 0.2) is 5.11 Å². The predicted molar refractivity (Wildman–Crippen MR) is 133 cm³/mol. The van der Waals surface area contributed by atoms with Crippen LogP contribution in [0.25, 0.3) is 0 Å². The summed E-state index contributed by atoms with van der Waals surface area (Å²) in [5.74, 6) is -1.04. The number of hydrogen-bond donors (Lipinski definition) is 1. The maximum atomic E-state index is 13.4. The number of para-hydroxylation sites is 1. The van der Waals surface area contributed by atoms with Crippen molar-refractivity contribution in [1.29, 1.82) is 0 Å². The highest BCUT2D eigenvalue weighted by molar-refractivity contribution is 7.80. The Morgan fingerprint density at radius 2 is 1.56 bits per heavy atom.